The third-order valence-electron chi connectivity index (χ3n) is 4.12. The van der Waals surface area contributed by atoms with E-state index in [4.69, 9.17) is 10.5 Å². The van der Waals surface area contributed by atoms with E-state index in [2.05, 4.69) is 14.8 Å². The molecule has 2 aromatic heterocycles. The van der Waals surface area contributed by atoms with Crippen LogP contribution in [0.2, 0.25) is 0 Å². The highest BCUT2D eigenvalue weighted by Gasteiger charge is 2.24. The van der Waals surface area contributed by atoms with Crippen LogP contribution in [0.3, 0.4) is 0 Å². The second-order valence-corrected chi connectivity index (χ2v) is 7.65. The van der Waals surface area contributed by atoms with E-state index >= 15 is 0 Å². The minimum absolute atomic E-state index is 0.185. The van der Waals surface area contributed by atoms with Gasteiger partial charge in [0.25, 0.3) is 0 Å². The van der Waals surface area contributed by atoms with Crippen LogP contribution in [0, 0.1) is 0 Å². The lowest BCUT2D eigenvalue weighted by molar-refractivity contribution is 0.100. The first-order chi connectivity index (χ1) is 12.0. The molecular weight excluding hydrogens is 336 g/mol. The molecule has 0 aromatic carbocycles. The topological polar surface area (TPSA) is 71.7 Å². The van der Waals surface area contributed by atoms with Gasteiger partial charge in [-0.1, -0.05) is 0 Å². The summed E-state index contributed by atoms with van der Waals surface area (Å²) in [6, 6.07) is 5.82. The maximum Gasteiger partial charge on any atom is 0.249 e. The van der Waals surface area contributed by atoms with Crippen molar-refractivity contribution in [3.63, 3.8) is 0 Å². The van der Waals surface area contributed by atoms with E-state index < -0.39 is 0 Å². The first-order valence-electron chi connectivity index (χ1n) is 8.35. The third-order valence-corrected chi connectivity index (χ3v) is 5.04. The monoisotopic (exact) mass is 360 g/mol. The van der Waals surface area contributed by atoms with Crippen molar-refractivity contribution in [2.45, 2.75) is 25.6 Å². The quantitative estimate of drug-likeness (QED) is 0.817. The lowest BCUT2D eigenvalue weighted by Crippen LogP contribution is -2.24. The van der Waals surface area contributed by atoms with E-state index in [1.54, 1.807) is 17.5 Å². The molecule has 25 heavy (non-hydrogen) atoms. The highest BCUT2D eigenvalue weighted by atomic mass is 32.1. The van der Waals surface area contributed by atoms with E-state index in [1.807, 2.05) is 37.7 Å². The SMILES string of the molecule is CN(C)Cc1cc(OC2CCN(Cc3cc(C(N)=O)cs3)C2)ccn1. The van der Waals surface area contributed by atoms with Crippen LogP contribution in [-0.4, -0.2) is 54.0 Å². The third kappa shape index (κ3) is 5.01. The smallest absolute Gasteiger partial charge is 0.249 e. The Hall–Kier alpha value is -1.96. The molecule has 2 aromatic rings. The molecule has 0 aliphatic carbocycles. The molecule has 3 rings (SSSR count). The number of amides is 1. The highest BCUT2D eigenvalue weighted by molar-refractivity contribution is 7.10. The number of hydrogen-bond donors (Lipinski definition) is 1. The molecule has 0 spiro atoms. The van der Waals surface area contributed by atoms with E-state index in [0.29, 0.717) is 5.56 Å². The fourth-order valence-electron chi connectivity index (χ4n) is 2.98. The summed E-state index contributed by atoms with van der Waals surface area (Å²) in [6.45, 7) is 3.51. The van der Waals surface area contributed by atoms with Gasteiger partial charge >= 0.3 is 0 Å². The second-order valence-electron chi connectivity index (χ2n) is 6.65. The lowest BCUT2D eigenvalue weighted by atomic mass is 10.3. The molecule has 1 saturated heterocycles. The molecule has 1 aliphatic heterocycles. The van der Waals surface area contributed by atoms with Crippen molar-refractivity contribution < 1.29 is 9.53 Å². The zero-order valence-corrected chi connectivity index (χ0v) is 15.5. The lowest BCUT2D eigenvalue weighted by Gasteiger charge is -2.17. The van der Waals surface area contributed by atoms with Crippen LogP contribution in [0.4, 0.5) is 0 Å². The number of thiophene rings is 1. The van der Waals surface area contributed by atoms with Gasteiger partial charge in [0.15, 0.2) is 0 Å². The number of aromatic nitrogens is 1. The number of carbonyl (C=O) groups is 1. The van der Waals surface area contributed by atoms with E-state index in [-0.39, 0.29) is 12.0 Å². The van der Waals surface area contributed by atoms with Crippen LogP contribution in [0.5, 0.6) is 5.75 Å². The Morgan fingerprint density at radius 3 is 3.04 bits per heavy atom. The maximum absolute atomic E-state index is 11.2. The van der Waals surface area contributed by atoms with E-state index in [9.17, 15) is 4.79 Å². The van der Waals surface area contributed by atoms with Crippen molar-refractivity contribution in [3.05, 3.63) is 45.9 Å². The number of hydrogen-bond acceptors (Lipinski definition) is 6. The summed E-state index contributed by atoms with van der Waals surface area (Å²) in [5.41, 5.74) is 6.92. The first kappa shape index (κ1) is 17.8. The Kier molecular flexibility index (Phi) is 5.67. The van der Waals surface area contributed by atoms with Crippen molar-refractivity contribution in [2.75, 3.05) is 27.2 Å². The molecule has 6 nitrogen and oxygen atoms in total. The fraction of sp³-hybridized carbons (Fsp3) is 0.444. The number of primary amides is 1. The van der Waals surface area contributed by atoms with Crippen LogP contribution in [0.15, 0.2) is 29.8 Å². The van der Waals surface area contributed by atoms with Crippen molar-refractivity contribution >= 4 is 17.2 Å². The predicted molar refractivity (Wildman–Crippen MR) is 98.8 cm³/mol. The minimum Gasteiger partial charge on any atom is -0.489 e. The largest absolute Gasteiger partial charge is 0.489 e. The molecule has 7 heteroatoms. The standard InChI is InChI=1S/C18H24N4O2S/c1-21(2)9-14-8-15(3-5-20-14)24-16-4-6-22(10-16)11-17-7-13(12-25-17)18(19)23/h3,5,7-8,12,16H,4,6,9-11H2,1-2H3,(H2,19,23). The van der Waals surface area contributed by atoms with Crippen LogP contribution < -0.4 is 10.5 Å². The molecule has 0 radical (unpaired) electrons. The predicted octanol–water partition coefficient (Wildman–Crippen LogP) is 1.96. The average molecular weight is 360 g/mol. The molecule has 0 saturated carbocycles. The van der Waals surface area contributed by atoms with Gasteiger partial charge in [-0.2, -0.15) is 0 Å². The Labute approximate surface area is 152 Å². The summed E-state index contributed by atoms with van der Waals surface area (Å²) < 4.78 is 6.14. The molecule has 2 N–H and O–H groups in total. The number of nitrogens with zero attached hydrogens (tertiary/aromatic N) is 3. The molecule has 1 amide bonds. The van der Waals surface area contributed by atoms with Crippen LogP contribution in [0.25, 0.3) is 0 Å². The number of likely N-dealkylation sites (tertiary alicyclic amines) is 1. The molecule has 1 atom stereocenters. The summed E-state index contributed by atoms with van der Waals surface area (Å²) in [4.78, 5) is 21.2. The number of rotatable bonds is 7. The molecule has 1 unspecified atom stereocenters. The molecule has 1 fully saturated rings. The number of pyridine rings is 1. The van der Waals surface area contributed by atoms with Crippen molar-refractivity contribution in [1.82, 2.24) is 14.8 Å². The Morgan fingerprint density at radius 2 is 2.32 bits per heavy atom. The summed E-state index contributed by atoms with van der Waals surface area (Å²) in [7, 11) is 4.05. The summed E-state index contributed by atoms with van der Waals surface area (Å²) in [5, 5.41) is 1.82. The van der Waals surface area contributed by atoms with Gasteiger partial charge in [0.05, 0.1) is 11.3 Å². The maximum atomic E-state index is 11.2. The molecule has 0 bridgehead atoms. The van der Waals surface area contributed by atoms with Gasteiger partial charge in [0, 0.05) is 48.7 Å². The number of carbonyl (C=O) groups excluding carboxylic acids is 1. The molecule has 134 valence electrons. The van der Waals surface area contributed by atoms with Crippen molar-refractivity contribution in [1.29, 1.82) is 0 Å². The summed E-state index contributed by atoms with van der Waals surface area (Å²) in [5.74, 6) is 0.516. The van der Waals surface area contributed by atoms with Gasteiger partial charge in [0.2, 0.25) is 5.91 Å². The van der Waals surface area contributed by atoms with Crippen LogP contribution in [-0.2, 0) is 13.1 Å². The number of ether oxygens (including phenoxy) is 1. The van der Waals surface area contributed by atoms with Crippen molar-refractivity contribution in [3.8, 4) is 5.75 Å². The Morgan fingerprint density at radius 1 is 1.48 bits per heavy atom. The molecule has 1 aliphatic rings. The van der Waals surface area contributed by atoms with E-state index in [0.717, 1.165) is 48.9 Å². The second kappa shape index (κ2) is 7.95. The highest BCUT2D eigenvalue weighted by Crippen LogP contribution is 2.22. The van der Waals surface area contributed by atoms with Gasteiger partial charge in [-0.05, 0) is 32.6 Å². The molecular formula is C18H24N4O2S. The van der Waals surface area contributed by atoms with Crippen molar-refractivity contribution in [2.24, 2.45) is 5.73 Å². The van der Waals surface area contributed by atoms with Gasteiger partial charge in [0.1, 0.15) is 11.9 Å². The fourth-order valence-corrected chi connectivity index (χ4v) is 3.90. The van der Waals surface area contributed by atoms with Gasteiger partial charge in [-0.25, -0.2) is 0 Å². The van der Waals surface area contributed by atoms with Crippen LogP contribution in [0.1, 0.15) is 27.3 Å². The Bertz CT molecular complexity index is 731. The number of nitrogens with two attached hydrogens (primary N) is 1. The van der Waals surface area contributed by atoms with Gasteiger partial charge in [-0.15, -0.1) is 11.3 Å². The van der Waals surface area contributed by atoms with Gasteiger partial charge < -0.3 is 15.4 Å². The Balaban J connectivity index is 1.53. The average Bonchev–Trinajstić information content (AvgIpc) is 3.17. The first-order valence-corrected chi connectivity index (χ1v) is 9.23. The normalized spacial score (nSPS) is 18.0. The summed E-state index contributed by atoms with van der Waals surface area (Å²) >= 11 is 1.58. The zero-order valence-electron chi connectivity index (χ0n) is 14.6. The van der Waals surface area contributed by atoms with Gasteiger partial charge in [-0.3, -0.25) is 14.7 Å². The molecule has 3 heterocycles. The zero-order chi connectivity index (χ0) is 17.8. The van der Waals surface area contributed by atoms with E-state index in [1.165, 1.54) is 0 Å². The minimum atomic E-state index is -0.364. The van der Waals surface area contributed by atoms with Crippen LogP contribution >= 0.6 is 11.3 Å². The summed E-state index contributed by atoms with van der Waals surface area (Å²) in [6.07, 6.45) is 2.99.